The summed E-state index contributed by atoms with van der Waals surface area (Å²) in [6, 6.07) is 9.73. The molecule has 0 fully saturated rings. The summed E-state index contributed by atoms with van der Waals surface area (Å²) in [6.07, 6.45) is 4.49. The Bertz CT molecular complexity index is 313. The van der Waals surface area contributed by atoms with Crippen molar-refractivity contribution in [2.45, 2.75) is 38.8 Å². The Hall–Kier alpha value is 0.01000. The molecule has 0 saturated carbocycles. The van der Waals surface area contributed by atoms with Crippen molar-refractivity contribution < 1.29 is 0 Å². The van der Waals surface area contributed by atoms with E-state index >= 15 is 0 Å². The predicted octanol–water partition coefficient (Wildman–Crippen LogP) is 4.63. The highest BCUT2D eigenvalue weighted by Gasteiger charge is 2.13. The fourth-order valence-corrected chi connectivity index (χ4v) is 2.91. The predicted molar refractivity (Wildman–Crippen MR) is 82.8 cm³/mol. The van der Waals surface area contributed by atoms with Gasteiger partial charge in [0.05, 0.1) is 0 Å². The van der Waals surface area contributed by atoms with Gasteiger partial charge in [-0.2, -0.15) is 11.8 Å². The Morgan fingerprint density at radius 3 is 2.29 bits per heavy atom. The third-order valence-corrected chi connectivity index (χ3v) is 4.24. The van der Waals surface area contributed by atoms with Crippen molar-refractivity contribution in [2.75, 3.05) is 12.0 Å². The van der Waals surface area contributed by atoms with Crippen LogP contribution in [0.1, 0.15) is 38.3 Å². The lowest BCUT2D eigenvalue weighted by Gasteiger charge is -2.24. The molecule has 1 aromatic carbocycles. The van der Waals surface area contributed by atoms with Gasteiger partial charge in [-0.1, -0.05) is 41.9 Å². The highest BCUT2D eigenvalue weighted by molar-refractivity contribution is 9.10. The van der Waals surface area contributed by atoms with Gasteiger partial charge in [0.1, 0.15) is 0 Å². The highest BCUT2D eigenvalue weighted by Crippen LogP contribution is 2.20. The molecule has 0 heterocycles. The molecule has 17 heavy (non-hydrogen) atoms. The summed E-state index contributed by atoms with van der Waals surface area (Å²) in [6.45, 7) is 4.49. The van der Waals surface area contributed by atoms with Crippen LogP contribution in [0.4, 0.5) is 0 Å². The lowest BCUT2D eigenvalue weighted by Crippen LogP contribution is -2.34. The number of rotatable bonds is 7. The minimum Gasteiger partial charge on any atom is -0.306 e. The van der Waals surface area contributed by atoms with Gasteiger partial charge >= 0.3 is 0 Å². The second-order valence-corrected chi connectivity index (χ2v) is 6.07. The van der Waals surface area contributed by atoms with E-state index in [1.807, 2.05) is 11.8 Å². The van der Waals surface area contributed by atoms with Crippen molar-refractivity contribution in [1.82, 2.24) is 5.32 Å². The maximum Gasteiger partial charge on any atom is 0.0320 e. The Morgan fingerprint density at radius 2 is 1.82 bits per heavy atom. The average Bonchev–Trinajstić information content (AvgIpc) is 2.36. The summed E-state index contributed by atoms with van der Waals surface area (Å²) in [5.41, 5.74) is 1.38. The van der Waals surface area contributed by atoms with Crippen LogP contribution in [0.5, 0.6) is 0 Å². The summed E-state index contributed by atoms with van der Waals surface area (Å²) < 4.78 is 1.15. The summed E-state index contributed by atoms with van der Waals surface area (Å²) in [7, 11) is 0. The van der Waals surface area contributed by atoms with Crippen LogP contribution in [0, 0.1) is 0 Å². The normalized spacial score (nSPS) is 14.6. The Kier molecular flexibility index (Phi) is 7.24. The van der Waals surface area contributed by atoms with Crippen molar-refractivity contribution in [3.05, 3.63) is 34.3 Å². The fourth-order valence-electron chi connectivity index (χ4n) is 1.91. The molecular formula is C14H22BrNS. The Morgan fingerprint density at radius 1 is 1.18 bits per heavy atom. The molecule has 0 aliphatic heterocycles. The lowest BCUT2D eigenvalue weighted by molar-refractivity contribution is 0.442. The van der Waals surface area contributed by atoms with E-state index in [2.05, 4.69) is 65.6 Å². The lowest BCUT2D eigenvalue weighted by atomic mass is 10.0. The topological polar surface area (TPSA) is 12.0 Å². The molecule has 2 unspecified atom stereocenters. The van der Waals surface area contributed by atoms with E-state index in [0.717, 1.165) is 10.9 Å². The maximum absolute atomic E-state index is 3.75. The Balaban J connectivity index is 2.67. The molecule has 96 valence electrons. The quantitative estimate of drug-likeness (QED) is 0.787. The molecule has 0 amide bonds. The van der Waals surface area contributed by atoms with Crippen molar-refractivity contribution in [2.24, 2.45) is 0 Å². The van der Waals surface area contributed by atoms with Crippen LogP contribution in [0.15, 0.2) is 28.7 Å². The van der Waals surface area contributed by atoms with Crippen LogP contribution < -0.4 is 5.32 Å². The molecule has 0 aromatic heterocycles. The van der Waals surface area contributed by atoms with E-state index in [1.165, 1.54) is 17.7 Å². The van der Waals surface area contributed by atoms with Crippen LogP contribution in [-0.4, -0.2) is 18.1 Å². The summed E-state index contributed by atoms with van der Waals surface area (Å²) in [4.78, 5) is 0. The van der Waals surface area contributed by atoms with Gasteiger partial charge in [-0.25, -0.2) is 0 Å². The van der Waals surface area contributed by atoms with Gasteiger partial charge in [-0.3, -0.25) is 0 Å². The molecule has 2 atom stereocenters. The first-order valence-corrected chi connectivity index (χ1v) is 8.40. The standard InChI is InChI=1S/C14H22BrNS/c1-4-13(10-17-3)16-14(5-2)11-6-8-12(15)9-7-11/h6-9,13-14,16H,4-5,10H2,1-3H3. The number of nitrogens with one attached hydrogen (secondary N) is 1. The van der Waals surface area contributed by atoms with E-state index in [0.29, 0.717) is 12.1 Å². The third kappa shape index (κ3) is 5.02. The third-order valence-electron chi connectivity index (χ3n) is 2.98. The Labute approximate surface area is 118 Å². The summed E-state index contributed by atoms with van der Waals surface area (Å²) in [5, 5.41) is 3.75. The molecule has 1 aromatic rings. The van der Waals surface area contributed by atoms with Gasteiger partial charge in [0, 0.05) is 22.3 Å². The second-order valence-electron chi connectivity index (χ2n) is 4.24. The van der Waals surface area contributed by atoms with Crippen molar-refractivity contribution >= 4 is 27.7 Å². The van der Waals surface area contributed by atoms with Crippen molar-refractivity contribution in [3.8, 4) is 0 Å². The van der Waals surface area contributed by atoms with Crippen LogP contribution in [0.25, 0.3) is 0 Å². The zero-order chi connectivity index (χ0) is 12.7. The molecule has 0 bridgehead atoms. The van der Waals surface area contributed by atoms with E-state index in [9.17, 15) is 0 Å². The molecule has 0 aliphatic rings. The molecular weight excluding hydrogens is 294 g/mol. The maximum atomic E-state index is 3.75. The van der Waals surface area contributed by atoms with E-state index < -0.39 is 0 Å². The minimum absolute atomic E-state index is 0.472. The summed E-state index contributed by atoms with van der Waals surface area (Å²) >= 11 is 5.40. The molecule has 1 rings (SSSR count). The van der Waals surface area contributed by atoms with Gasteiger partial charge in [-0.15, -0.1) is 0 Å². The van der Waals surface area contributed by atoms with Crippen LogP contribution in [-0.2, 0) is 0 Å². The molecule has 0 saturated heterocycles. The molecule has 0 spiro atoms. The van der Waals surface area contributed by atoms with Crippen LogP contribution >= 0.6 is 27.7 Å². The first kappa shape index (κ1) is 15.1. The number of benzene rings is 1. The second kappa shape index (κ2) is 8.17. The first-order valence-electron chi connectivity index (χ1n) is 6.21. The van der Waals surface area contributed by atoms with E-state index in [-0.39, 0.29) is 0 Å². The smallest absolute Gasteiger partial charge is 0.0320 e. The summed E-state index contributed by atoms with van der Waals surface area (Å²) in [5.74, 6) is 1.18. The average molecular weight is 316 g/mol. The zero-order valence-corrected chi connectivity index (χ0v) is 13.3. The van der Waals surface area contributed by atoms with Crippen LogP contribution in [0.2, 0.25) is 0 Å². The van der Waals surface area contributed by atoms with Crippen molar-refractivity contribution in [1.29, 1.82) is 0 Å². The van der Waals surface area contributed by atoms with Gasteiger partial charge in [-0.05, 0) is 36.8 Å². The van der Waals surface area contributed by atoms with Gasteiger partial charge in [0.25, 0.3) is 0 Å². The molecule has 1 N–H and O–H groups in total. The van der Waals surface area contributed by atoms with Gasteiger partial charge < -0.3 is 5.32 Å². The number of halogens is 1. The van der Waals surface area contributed by atoms with Crippen molar-refractivity contribution in [3.63, 3.8) is 0 Å². The molecule has 1 nitrogen and oxygen atoms in total. The van der Waals surface area contributed by atoms with E-state index in [4.69, 9.17) is 0 Å². The number of thioether (sulfide) groups is 1. The number of hydrogen-bond acceptors (Lipinski definition) is 2. The van der Waals surface area contributed by atoms with Gasteiger partial charge in [0.2, 0.25) is 0 Å². The SMILES string of the molecule is CCC(CSC)NC(CC)c1ccc(Br)cc1. The van der Waals surface area contributed by atoms with Crippen LogP contribution in [0.3, 0.4) is 0 Å². The zero-order valence-electron chi connectivity index (χ0n) is 10.9. The molecule has 0 aliphatic carbocycles. The molecule has 3 heteroatoms. The highest BCUT2D eigenvalue weighted by atomic mass is 79.9. The van der Waals surface area contributed by atoms with E-state index in [1.54, 1.807) is 0 Å². The minimum atomic E-state index is 0.472. The largest absolute Gasteiger partial charge is 0.306 e. The molecule has 0 radical (unpaired) electrons. The first-order chi connectivity index (χ1) is 8.21. The monoisotopic (exact) mass is 315 g/mol. The fraction of sp³-hybridized carbons (Fsp3) is 0.571. The number of hydrogen-bond donors (Lipinski definition) is 1. The van der Waals surface area contributed by atoms with Gasteiger partial charge in [0.15, 0.2) is 0 Å².